The molecule has 0 spiro atoms. The van der Waals surface area contributed by atoms with E-state index < -0.39 is 0 Å². The summed E-state index contributed by atoms with van der Waals surface area (Å²) in [6.07, 6.45) is 2.98. The Bertz CT molecular complexity index is 1100. The molecule has 0 unspecified atom stereocenters. The number of aromatic nitrogens is 1. The van der Waals surface area contributed by atoms with Crippen LogP contribution >= 0.6 is 11.8 Å². The van der Waals surface area contributed by atoms with Gasteiger partial charge in [-0.2, -0.15) is 0 Å². The van der Waals surface area contributed by atoms with Crippen LogP contribution in [0.15, 0.2) is 53.4 Å². The number of aryl methyl sites for hydroxylation is 1. The predicted octanol–water partition coefficient (Wildman–Crippen LogP) is 4.73. The summed E-state index contributed by atoms with van der Waals surface area (Å²) in [7, 11) is 1.98. The molecule has 0 atom stereocenters. The van der Waals surface area contributed by atoms with Gasteiger partial charge in [0, 0.05) is 46.4 Å². The van der Waals surface area contributed by atoms with Crippen LogP contribution in [-0.4, -0.2) is 35.3 Å². The first-order valence-electron chi connectivity index (χ1n) is 10.2. The van der Waals surface area contributed by atoms with Gasteiger partial charge >= 0.3 is 5.97 Å². The SMILES string of the molecule is CCOC(=O)c1c(CSc2ccccc2)n(C)c2cc(C3=CCNCC3)c(O)cc12. The number of hydrogen-bond donors (Lipinski definition) is 2. The summed E-state index contributed by atoms with van der Waals surface area (Å²) in [5, 5.41) is 14.8. The van der Waals surface area contributed by atoms with Gasteiger partial charge < -0.3 is 19.7 Å². The van der Waals surface area contributed by atoms with E-state index in [-0.39, 0.29) is 11.7 Å². The number of aromatic hydroxyl groups is 1. The van der Waals surface area contributed by atoms with Crippen LogP contribution in [0.2, 0.25) is 0 Å². The standard InChI is InChI=1S/C24H26N2O3S/c1-3-29-24(28)23-19-14-22(27)18(16-9-11-25-12-10-16)13-20(19)26(2)21(23)15-30-17-7-5-4-6-8-17/h4-9,13-14,25,27H,3,10-12,15H2,1-2H3. The fraction of sp³-hybridized carbons (Fsp3) is 0.292. The Morgan fingerprint density at radius 3 is 2.77 bits per heavy atom. The van der Waals surface area contributed by atoms with Crippen LogP contribution in [0.25, 0.3) is 16.5 Å². The molecular formula is C24H26N2O3S. The molecule has 2 aromatic carbocycles. The summed E-state index contributed by atoms with van der Waals surface area (Å²) in [6, 6.07) is 13.8. The van der Waals surface area contributed by atoms with Crippen molar-refractivity contribution in [3.63, 3.8) is 0 Å². The molecule has 0 fully saturated rings. The van der Waals surface area contributed by atoms with Crippen LogP contribution in [0.5, 0.6) is 5.75 Å². The highest BCUT2D eigenvalue weighted by atomic mass is 32.2. The zero-order valence-corrected chi connectivity index (χ0v) is 18.1. The zero-order valence-electron chi connectivity index (χ0n) is 17.3. The second kappa shape index (κ2) is 8.98. The Morgan fingerprint density at radius 2 is 2.07 bits per heavy atom. The Hall–Kier alpha value is -2.70. The van der Waals surface area contributed by atoms with Crippen LogP contribution in [0.3, 0.4) is 0 Å². The minimum absolute atomic E-state index is 0.203. The van der Waals surface area contributed by atoms with Gasteiger partial charge in [0.1, 0.15) is 5.75 Å². The summed E-state index contributed by atoms with van der Waals surface area (Å²) in [4.78, 5) is 14.0. The van der Waals surface area contributed by atoms with Gasteiger partial charge in [-0.05, 0) is 49.7 Å². The lowest BCUT2D eigenvalue weighted by atomic mass is 9.97. The molecule has 0 bridgehead atoms. The highest BCUT2D eigenvalue weighted by Crippen LogP contribution is 2.37. The third-order valence-corrected chi connectivity index (χ3v) is 6.47. The number of phenols is 1. The van der Waals surface area contributed by atoms with E-state index in [1.807, 2.05) is 31.3 Å². The third-order valence-electron chi connectivity index (χ3n) is 5.45. The normalized spacial score (nSPS) is 14.0. The van der Waals surface area contributed by atoms with Crippen molar-refractivity contribution in [3.8, 4) is 5.75 Å². The van der Waals surface area contributed by atoms with Gasteiger partial charge in [-0.15, -0.1) is 11.8 Å². The summed E-state index contributed by atoms with van der Waals surface area (Å²) in [5.41, 5.74) is 4.33. The smallest absolute Gasteiger partial charge is 0.340 e. The maximum absolute atomic E-state index is 12.9. The number of phenolic OH excluding ortho intramolecular Hbond substituents is 1. The third kappa shape index (κ3) is 3.98. The Kier molecular flexibility index (Phi) is 6.16. The molecular weight excluding hydrogens is 396 g/mol. The molecule has 0 radical (unpaired) electrons. The number of nitrogens with one attached hydrogen (secondary N) is 1. The van der Waals surface area contributed by atoms with Crippen molar-refractivity contribution in [3.05, 3.63) is 65.4 Å². The second-order valence-corrected chi connectivity index (χ2v) is 8.32. The van der Waals surface area contributed by atoms with Gasteiger partial charge in [0.25, 0.3) is 0 Å². The fourth-order valence-corrected chi connectivity index (χ4v) is 4.91. The quantitative estimate of drug-likeness (QED) is 0.444. The number of rotatable bonds is 6. The molecule has 0 saturated heterocycles. The average molecular weight is 423 g/mol. The lowest BCUT2D eigenvalue weighted by Gasteiger charge is -2.16. The number of ether oxygens (including phenoxy) is 1. The summed E-state index contributed by atoms with van der Waals surface area (Å²) >= 11 is 1.68. The summed E-state index contributed by atoms with van der Waals surface area (Å²) in [5.74, 6) is 0.487. The number of hydrogen-bond acceptors (Lipinski definition) is 5. The van der Waals surface area contributed by atoms with Gasteiger partial charge in [0.05, 0.1) is 12.2 Å². The molecule has 5 nitrogen and oxygen atoms in total. The molecule has 1 aromatic heterocycles. The van der Waals surface area contributed by atoms with Crippen LogP contribution < -0.4 is 5.32 Å². The van der Waals surface area contributed by atoms with Crippen molar-refractivity contribution >= 4 is 34.2 Å². The lowest BCUT2D eigenvalue weighted by Crippen LogP contribution is -2.20. The number of carbonyl (C=O) groups excluding carboxylic acids is 1. The Balaban J connectivity index is 1.82. The summed E-state index contributed by atoms with van der Waals surface area (Å²) < 4.78 is 7.42. The van der Waals surface area contributed by atoms with Crippen molar-refractivity contribution in [2.24, 2.45) is 7.05 Å². The topological polar surface area (TPSA) is 63.5 Å². The maximum atomic E-state index is 12.9. The number of benzene rings is 2. The van der Waals surface area contributed by atoms with E-state index in [1.165, 1.54) is 0 Å². The van der Waals surface area contributed by atoms with E-state index in [4.69, 9.17) is 4.74 Å². The number of thioether (sulfide) groups is 1. The van der Waals surface area contributed by atoms with Crippen LogP contribution in [0.1, 0.15) is 35.0 Å². The number of esters is 1. The first-order valence-corrected chi connectivity index (χ1v) is 11.2. The minimum Gasteiger partial charge on any atom is -0.507 e. The molecule has 2 N–H and O–H groups in total. The van der Waals surface area contributed by atoms with Gasteiger partial charge in [0.15, 0.2) is 0 Å². The predicted molar refractivity (Wildman–Crippen MR) is 122 cm³/mol. The van der Waals surface area contributed by atoms with Crippen LogP contribution in [-0.2, 0) is 17.5 Å². The van der Waals surface area contributed by atoms with E-state index in [0.29, 0.717) is 17.9 Å². The van der Waals surface area contributed by atoms with E-state index in [9.17, 15) is 9.90 Å². The molecule has 1 aliphatic rings. The van der Waals surface area contributed by atoms with E-state index >= 15 is 0 Å². The van der Waals surface area contributed by atoms with Crippen molar-refractivity contribution in [2.45, 2.75) is 24.0 Å². The largest absolute Gasteiger partial charge is 0.507 e. The maximum Gasteiger partial charge on any atom is 0.340 e. The Morgan fingerprint density at radius 1 is 1.27 bits per heavy atom. The average Bonchev–Trinajstić information content (AvgIpc) is 3.04. The van der Waals surface area contributed by atoms with Crippen molar-refractivity contribution in [1.29, 1.82) is 0 Å². The molecule has 30 heavy (non-hydrogen) atoms. The summed E-state index contributed by atoms with van der Waals surface area (Å²) in [6.45, 7) is 3.81. The first-order chi connectivity index (χ1) is 14.6. The highest BCUT2D eigenvalue weighted by Gasteiger charge is 2.24. The second-order valence-electron chi connectivity index (χ2n) is 7.27. The monoisotopic (exact) mass is 422 g/mol. The highest BCUT2D eigenvalue weighted by molar-refractivity contribution is 7.98. The Labute approximate surface area is 180 Å². The molecule has 3 aromatic rings. The van der Waals surface area contributed by atoms with E-state index in [2.05, 4.69) is 28.1 Å². The van der Waals surface area contributed by atoms with Gasteiger partial charge in [0.2, 0.25) is 0 Å². The molecule has 0 aliphatic carbocycles. The lowest BCUT2D eigenvalue weighted by molar-refractivity contribution is 0.0527. The van der Waals surface area contributed by atoms with Crippen molar-refractivity contribution < 1.29 is 14.6 Å². The van der Waals surface area contributed by atoms with Gasteiger partial charge in [-0.25, -0.2) is 4.79 Å². The minimum atomic E-state index is -0.347. The molecule has 6 heteroatoms. The molecule has 1 aliphatic heterocycles. The van der Waals surface area contributed by atoms with Crippen molar-refractivity contribution in [2.75, 3.05) is 19.7 Å². The molecule has 2 heterocycles. The molecule has 0 saturated carbocycles. The van der Waals surface area contributed by atoms with Crippen LogP contribution in [0, 0.1) is 0 Å². The van der Waals surface area contributed by atoms with Crippen molar-refractivity contribution in [1.82, 2.24) is 9.88 Å². The van der Waals surface area contributed by atoms with Gasteiger partial charge in [-0.3, -0.25) is 0 Å². The first kappa shape index (κ1) is 20.6. The number of carbonyl (C=O) groups is 1. The van der Waals surface area contributed by atoms with Crippen LogP contribution in [0.4, 0.5) is 0 Å². The van der Waals surface area contributed by atoms with Gasteiger partial charge in [-0.1, -0.05) is 24.3 Å². The fourth-order valence-electron chi connectivity index (χ4n) is 3.92. The molecule has 4 rings (SSSR count). The molecule has 0 amide bonds. The zero-order chi connectivity index (χ0) is 21.1. The number of nitrogens with zero attached hydrogens (tertiary/aromatic N) is 1. The number of fused-ring (bicyclic) bond motifs is 1. The van der Waals surface area contributed by atoms with E-state index in [0.717, 1.165) is 52.1 Å². The molecule has 156 valence electrons. The van der Waals surface area contributed by atoms with E-state index in [1.54, 1.807) is 24.8 Å².